The van der Waals surface area contributed by atoms with Crippen LogP contribution < -0.4 is 15.4 Å². The van der Waals surface area contributed by atoms with Crippen molar-refractivity contribution in [1.82, 2.24) is 5.32 Å². The predicted octanol–water partition coefficient (Wildman–Crippen LogP) is 2.96. The van der Waals surface area contributed by atoms with Gasteiger partial charge in [0.05, 0.1) is 0 Å². The fourth-order valence-electron chi connectivity index (χ4n) is 3.81. The molecule has 0 spiro atoms. The maximum absolute atomic E-state index is 12.9. The van der Waals surface area contributed by atoms with Crippen molar-refractivity contribution in [2.45, 2.75) is 31.9 Å². The quantitative estimate of drug-likeness (QED) is 0.829. The van der Waals surface area contributed by atoms with E-state index in [2.05, 4.69) is 10.6 Å². The van der Waals surface area contributed by atoms with E-state index in [-0.39, 0.29) is 17.7 Å². The molecule has 2 aliphatic heterocycles. The third-order valence-electron chi connectivity index (χ3n) is 5.02. The van der Waals surface area contributed by atoms with Crippen LogP contribution in [-0.2, 0) is 9.59 Å². The Morgan fingerprint density at radius 1 is 1.20 bits per heavy atom. The van der Waals surface area contributed by atoms with Crippen molar-refractivity contribution >= 4 is 17.5 Å². The predicted molar refractivity (Wildman–Crippen MR) is 94.3 cm³/mol. The lowest BCUT2D eigenvalue weighted by molar-refractivity contribution is -0.145. The first kappa shape index (κ1) is 15.7. The third kappa shape index (κ3) is 2.65. The lowest BCUT2D eigenvalue weighted by atomic mass is 9.74. The number of hydrogen-bond donors (Lipinski definition) is 2. The molecule has 2 amide bonds. The molecule has 25 heavy (non-hydrogen) atoms. The summed E-state index contributed by atoms with van der Waals surface area (Å²) in [4.78, 5) is 25.6. The summed E-state index contributed by atoms with van der Waals surface area (Å²) in [6, 6.07) is 15.2. The number of amides is 2. The average Bonchev–Trinajstić information content (AvgIpc) is 2.56. The highest BCUT2D eigenvalue weighted by Crippen LogP contribution is 2.46. The highest BCUT2D eigenvalue weighted by molar-refractivity contribution is 6.08. The molecule has 0 saturated carbocycles. The number of para-hydroxylation sites is 2. The molecule has 5 nitrogen and oxygen atoms in total. The Labute approximate surface area is 146 Å². The monoisotopic (exact) mass is 336 g/mol. The lowest BCUT2D eigenvalue weighted by Crippen LogP contribution is -2.62. The van der Waals surface area contributed by atoms with E-state index in [0.717, 1.165) is 22.6 Å². The number of fused-ring (bicyclic) bond motifs is 4. The van der Waals surface area contributed by atoms with Gasteiger partial charge in [0.15, 0.2) is 5.72 Å². The van der Waals surface area contributed by atoms with Crippen molar-refractivity contribution < 1.29 is 14.3 Å². The van der Waals surface area contributed by atoms with Gasteiger partial charge in [0.1, 0.15) is 11.7 Å². The van der Waals surface area contributed by atoms with Gasteiger partial charge in [0.25, 0.3) is 0 Å². The van der Waals surface area contributed by atoms with Crippen LogP contribution in [0.1, 0.15) is 30.4 Å². The Balaban J connectivity index is 1.69. The van der Waals surface area contributed by atoms with Crippen molar-refractivity contribution in [2.24, 2.45) is 5.92 Å². The second-order valence-electron chi connectivity index (χ2n) is 6.95. The minimum Gasteiger partial charge on any atom is -0.468 e. The normalized spacial score (nSPS) is 26.9. The Kier molecular flexibility index (Phi) is 3.53. The maximum Gasteiger partial charge on any atom is 0.237 e. The molecule has 1 saturated heterocycles. The number of carbonyl (C=O) groups is 2. The van der Waals surface area contributed by atoms with Crippen LogP contribution in [0.15, 0.2) is 48.5 Å². The number of ether oxygens (including phenoxy) is 1. The summed E-state index contributed by atoms with van der Waals surface area (Å²) < 4.78 is 5.96. The molecular formula is C20H20N2O3. The van der Waals surface area contributed by atoms with E-state index in [1.165, 1.54) is 0 Å². The largest absolute Gasteiger partial charge is 0.468 e. The first-order valence-electron chi connectivity index (χ1n) is 8.43. The molecule has 0 radical (unpaired) electrons. The smallest absolute Gasteiger partial charge is 0.237 e. The Morgan fingerprint density at radius 3 is 2.72 bits per heavy atom. The van der Waals surface area contributed by atoms with Crippen LogP contribution in [0.25, 0.3) is 0 Å². The number of piperidine rings is 1. The first-order valence-corrected chi connectivity index (χ1v) is 8.43. The summed E-state index contributed by atoms with van der Waals surface area (Å²) in [5.41, 5.74) is 1.84. The second-order valence-corrected chi connectivity index (χ2v) is 6.95. The highest BCUT2D eigenvalue weighted by Gasteiger charge is 2.51. The number of aryl methyl sites for hydroxylation is 1. The van der Waals surface area contributed by atoms with Gasteiger partial charge in [0, 0.05) is 18.0 Å². The van der Waals surface area contributed by atoms with Crippen LogP contribution in [0.4, 0.5) is 5.69 Å². The molecule has 1 unspecified atom stereocenters. The lowest BCUT2D eigenvalue weighted by Gasteiger charge is -2.46. The summed E-state index contributed by atoms with van der Waals surface area (Å²) in [6.45, 7) is 3.78. The molecule has 2 bridgehead atoms. The SMILES string of the molecule is Cc1ccccc1NC(=O)C1C(=O)N[C@@]2(C)C[C@H]1c1ccccc1O2. The molecule has 0 aliphatic carbocycles. The fourth-order valence-corrected chi connectivity index (χ4v) is 3.81. The zero-order chi connectivity index (χ0) is 17.6. The Bertz CT molecular complexity index is 864. The molecule has 1 fully saturated rings. The molecule has 2 heterocycles. The van der Waals surface area contributed by atoms with Crippen molar-refractivity contribution in [3.63, 3.8) is 0 Å². The zero-order valence-electron chi connectivity index (χ0n) is 14.2. The Morgan fingerprint density at radius 2 is 1.92 bits per heavy atom. The highest BCUT2D eigenvalue weighted by atomic mass is 16.5. The number of benzene rings is 2. The number of rotatable bonds is 2. The molecule has 2 aromatic rings. The van der Waals surface area contributed by atoms with Crippen LogP contribution in [0, 0.1) is 12.8 Å². The summed E-state index contributed by atoms with van der Waals surface area (Å²) in [5, 5.41) is 5.79. The van der Waals surface area contributed by atoms with Gasteiger partial charge in [-0.1, -0.05) is 36.4 Å². The molecule has 2 aliphatic rings. The van der Waals surface area contributed by atoms with Gasteiger partial charge in [0.2, 0.25) is 11.8 Å². The summed E-state index contributed by atoms with van der Waals surface area (Å²) >= 11 is 0. The van der Waals surface area contributed by atoms with E-state index >= 15 is 0 Å². The first-order chi connectivity index (χ1) is 12.0. The van der Waals surface area contributed by atoms with Gasteiger partial charge >= 0.3 is 0 Å². The van der Waals surface area contributed by atoms with E-state index in [1.807, 2.05) is 62.4 Å². The summed E-state index contributed by atoms with van der Waals surface area (Å²) in [6.07, 6.45) is 0.571. The summed E-state index contributed by atoms with van der Waals surface area (Å²) in [5.74, 6) is -0.824. The van der Waals surface area contributed by atoms with E-state index in [4.69, 9.17) is 4.74 Å². The number of hydrogen-bond acceptors (Lipinski definition) is 3. The summed E-state index contributed by atoms with van der Waals surface area (Å²) in [7, 11) is 0. The van der Waals surface area contributed by atoms with Crippen LogP contribution in [0.5, 0.6) is 5.75 Å². The molecule has 2 N–H and O–H groups in total. The molecular weight excluding hydrogens is 316 g/mol. The third-order valence-corrected chi connectivity index (χ3v) is 5.02. The molecule has 2 aromatic carbocycles. The maximum atomic E-state index is 12.9. The number of nitrogens with one attached hydrogen (secondary N) is 2. The molecule has 3 atom stereocenters. The van der Waals surface area contributed by atoms with Gasteiger partial charge in [-0.25, -0.2) is 0 Å². The van der Waals surface area contributed by atoms with E-state index in [0.29, 0.717) is 6.42 Å². The van der Waals surface area contributed by atoms with Gasteiger partial charge in [-0.15, -0.1) is 0 Å². The van der Waals surface area contributed by atoms with Crippen LogP contribution in [0.3, 0.4) is 0 Å². The minimum absolute atomic E-state index is 0.201. The van der Waals surface area contributed by atoms with E-state index in [1.54, 1.807) is 0 Å². The Hall–Kier alpha value is -2.82. The van der Waals surface area contributed by atoms with Crippen molar-refractivity contribution in [3.05, 3.63) is 59.7 Å². The molecule has 0 aromatic heterocycles. The molecule has 5 heteroatoms. The van der Waals surface area contributed by atoms with Gasteiger partial charge in [-0.05, 0) is 37.1 Å². The zero-order valence-corrected chi connectivity index (χ0v) is 14.2. The van der Waals surface area contributed by atoms with Crippen molar-refractivity contribution in [3.8, 4) is 5.75 Å². The van der Waals surface area contributed by atoms with Gasteiger partial charge in [-0.3, -0.25) is 9.59 Å². The fraction of sp³-hybridized carbons (Fsp3) is 0.300. The number of carbonyl (C=O) groups excluding carboxylic acids is 2. The van der Waals surface area contributed by atoms with Gasteiger partial charge < -0.3 is 15.4 Å². The van der Waals surface area contributed by atoms with E-state index < -0.39 is 11.6 Å². The average molecular weight is 336 g/mol. The molecule has 128 valence electrons. The topological polar surface area (TPSA) is 67.4 Å². The van der Waals surface area contributed by atoms with Crippen molar-refractivity contribution in [2.75, 3.05) is 5.32 Å². The number of anilines is 1. The minimum atomic E-state index is -0.780. The van der Waals surface area contributed by atoms with Crippen molar-refractivity contribution in [1.29, 1.82) is 0 Å². The standard InChI is InChI=1S/C20H20N2O3/c1-12-7-3-5-9-15(12)21-18(23)17-14-11-20(2,22-19(17)24)25-16-10-6-4-8-13(14)16/h3-10,14,17H,11H2,1-2H3,(H,21,23)(H,22,24)/t14-,17?,20+/m0/s1. The van der Waals surface area contributed by atoms with Crippen LogP contribution in [-0.4, -0.2) is 17.5 Å². The van der Waals surface area contributed by atoms with Gasteiger partial charge in [-0.2, -0.15) is 0 Å². The van der Waals surface area contributed by atoms with Crippen LogP contribution >= 0.6 is 0 Å². The second kappa shape index (κ2) is 5.62. The van der Waals surface area contributed by atoms with Crippen LogP contribution in [0.2, 0.25) is 0 Å². The molecule has 4 rings (SSSR count). The van der Waals surface area contributed by atoms with E-state index in [9.17, 15) is 9.59 Å².